The molecule has 5 rings (SSSR count). The van der Waals surface area contributed by atoms with E-state index in [2.05, 4.69) is 21.8 Å². The predicted molar refractivity (Wildman–Crippen MR) is 145 cm³/mol. The number of nitrogens with zero attached hydrogens (tertiary/aromatic N) is 2. The topological polar surface area (TPSA) is 123 Å². The highest BCUT2D eigenvalue weighted by atomic mass is 16.7. The lowest BCUT2D eigenvalue weighted by Crippen LogP contribution is -2.39. The Balaban J connectivity index is 1.42. The lowest BCUT2D eigenvalue weighted by molar-refractivity contribution is -0.276. The number of rotatable bonds is 9. The average molecular weight is 530 g/mol. The molecule has 1 fully saturated rings. The van der Waals surface area contributed by atoms with E-state index >= 15 is 0 Å². The van der Waals surface area contributed by atoms with Crippen LogP contribution in [-0.2, 0) is 32.2 Å². The summed E-state index contributed by atoms with van der Waals surface area (Å²) in [6.07, 6.45) is 0.255. The molecule has 3 aromatic carbocycles. The molecule has 202 valence electrons. The van der Waals surface area contributed by atoms with E-state index in [1.807, 2.05) is 60.9 Å². The number of aliphatic hydroxyl groups is 1. The fourth-order valence-corrected chi connectivity index (χ4v) is 4.88. The van der Waals surface area contributed by atoms with Crippen LogP contribution in [-0.4, -0.2) is 37.7 Å². The second kappa shape index (κ2) is 11.8. The molecule has 4 atom stereocenters. The Hall–Kier alpha value is -4.05. The van der Waals surface area contributed by atoms with E-state index in [1.165, 1.54) is 0 Å². The molecule has 9 nitrogen and oxygen atoms in total. The van der Waals surface area contributed by atoms with Gasteiger partial charge >= 0.3 is 5.97 Å². The van der Waals surface area contributed by atoms with Crippen LogP contribution in [0.25, 0.3) is 11.0 Å². The number of carboxylic acids is 1. The molecular weight excluding hydrogens is 498 g/mol. The van der Waals surface area contributed by atoms with Crippen molar-refractivity contribution in [3.8, 4) is 0 Å². The van der Waals surface area contributed by atoms with Crippen LogP contribution in [0.3, 0.4) is 0 Å². The van der Waals surface area contributed by atoms with Crippen molar-refractivity contribution in [2.75, 3.05) is 5.32 Å². The highest BCUT2D eigenvalue weighted by Gasteiger charge is 2.38. The Morgan fingerprint density at radius 2 is 1.77 bits per heavy atom. The molecule has 1 aliphatic rings. The number of carbonyl (C=O) groups is 2. The molecule has 9 heteroatoms. The standard InChI is InChI=1S/C30H31N3O6/c1-19-26(16-33-18-31-24-7-2-3-8-25(24)33)38-30(39-29(19)21-11-9-20(17-34)10-12-21)22-5-4-6-23(15-22)32-27(35)13-14-28(36)37/h2-12,15,18-19,26,29-30,34H,13-14,16-17H2,1H3,(H,32,35)(H,36,37)/t19-,26+,29+,30+/m0/s1. The number of aromatic nitrogens is 2. The molecule has 1 aromatic heterocycles. The van der Waals surface area contributed by atoms with Gasteiger partial charge in [0, 0.05) is 23.6 Å². The van der Waals surface area contributed by atoms with Gasteiger partial charge in [0.25, 0.3) is 0 Å². The Bertz CT molecular complexity index is 1450. The van der Waals surface area contributed by atoms with Crippen molar-refractivity contribution in [3.05, 3.63) is 95.8 Å². The second-order valence-corrected chi connectivity index (χ2v) is 9.77. The van der Waals surface area contributed by atoms with Crippen LogP contribution < -0.4 is 5.32 Å². The second-order valence-electron chi connectivity index (χ2n) is 9.77. The van der Waals surface area contributed by atoms with Gasteiger partial charge in [0.15, 0.2) is 6.29 Å². The first-order chi connectivity index (χ1) is 18.9. The molecule has 0 saturated carbocycles. The van der Waals surface area contributed by atoms with E-state index in [-0.39, 0.29) is 43.5 Å². The van der Waals surface area contributed by atoms with Crippen LogP contribution in [0.15, 0.2) is 79.1 Å². The fourth-order valence-electron chi connectivity index (χ4n) is 4.88. The number of imidazole rings is 1. The summed E-state index contributed by atoms with van der Waals surface area (Å²) >= 11 is 0. The van der Waals surface area contributed by atoms with Crippen LogP contribution in [0.5, 0.6) is 0 Å². The number of aliphatic carboxylic acids is 1. The molecular formula is C30H31N3O6. The first-order valence-corrected chi connectivity index (χ1v) is 12.9. The maximum atomic E-state index is 12.2. The summed E-state index contributed by atoms with van der Waals surface area (Å²) in [4.78, 5) is 27.5. The maximum absolute atomic E-state index is 12.2. The largest absolute Gasteiger partial charge is 0.481 e. The Morgan fingerprint density at radius 3 is 2.54 bits per heavy atom. The summed E-state index contributed by atoms with van der Waals surface area (Å²) < 4.78 is 15.1. The first-order valence-electron chi connectivity index (χ1n) is 12.9. The van der Waals surface area contributed by atoms with Gasteiger partial charge in [-0.05, 0) is 35.4 Å². The lowest BCUT2D eigenvalue weighted by Gasteiger charge is -2.41. The van der Waals surface area contributed by atoms with Crippen molar-refractivity contribution in [2.45, 2.75) is 51.4 Å². The number of ether oxygens (including phenoxy) is 2. The van der Waals surface area contributed by atoms with Crippen molar-refractivity contribution >= 4 is 28.6 Å². The minimum atomic E-state index is -1.02. The number of fused-ring (bicyclic) bond motifs is 1. The predicted octanol–water partition coefficient (Wildman–Crippen LogP) is 4.82. The third-order valence-electron chi connectivity index (χ3n) is 7.04. The molecule has 39 heavy (non-hydrogen) atoms. The van der Waals surface area contributed by atoms with Gasteiger partial charge in [-0.1, -0.05) is 55.5 Å². The van der Waals surface area contributed by atoms with E-state index in [0.717, 1.165) is 27.7 Å². The molecule has 3 N–H and O–H groups in total. The van der Waals surface area contributed by atoms with Gasteiger partial charge in [-0.15, -0.1) is 0 Å². The number of para-hydroxylation sites is 2. The Labute approximate surface area is 226 Å². The van der Waals surface area contributed by atoms with Gasteiger partial charge in [-0.2, -0.15) is 0 Å². The fraction of sp³-hybridized carbons (Fsp3) is 0.300. The molecule has 1 aliphatic heterocycles. The molecule has 2 heterocycles. The van der Waals surface area contributed by atoms with Crippen molar-refractivity contribution in [1.29, 1.82) is 0 Å². The van der Waals surface area contributed by atoms with Crippen molar-refractivity contribution < 1.29 is 29.3 Å². The summed E-state index contributed by atoms with van der Waals surface area (Å²) in [5.41, 5.74) is 5.00. The third kappa shape index (κ3) is 6.17. The van der Waals surface area contributed by atoms with E-state index < -0.39 is 12.3 Å². The highest BCUT2D eigenvalue weighted by molar-refractivity contribution is 5.92. The molecule has 0 radical (unpaired) electrons. The number of hydrogen-bond donors (Lipinski definition) is 3. The molecule has 1 saturated heterocycles. The van der Waals surface area contributed by atoms with Crippen LogP contribution in [0, 0.1) is 5.92 Å². The number of amides is 1. The molecule has 0 aliphatic carbocycles. The molecule has 4 aromatic rings. The van der Waals surface area contributed by atoms with Crippen LogP contribution in [0.1, 0.15) is 48.8 Å². The third-order valence-corrected chi connectivity index (χ3v) is 7.04. The highest BCUT2D eigenvalue weighted by Crippen LogP contribution is 2.42. The van der Waals surface area contributed by atoms with E-state index in [4.69, 9.17) is 14.6 Å². The molecule has 1 amide bonds. The van der Waals surface area contributed by atoms with Gasteiger partial charge in [-0.3, -0.25) is 9.59 Å². The number of nitrogens with one attached hydrogen (secondary N) is 1. The number of hydrogen-bond acceptors (Lipinski definition) is 6. The van der Waals surface area contributed by atoms with Crippen molar-refractivity contribution in [3.63, 3.8) is 0 Å². The van der Waals surface area contributed by atoms with Crippen LogP contribution in [0.2, 0.25) is 0 Å². The van der Waals surface area contributed by atoms with Gasteiger partial charge < -0.3 is 29.6 Å². The SMILES string of the molecule is C[C@H]1[C@@H](Cn2cnc3ccccc32)O[C@@H](c2cccc(NC(=O)CCC(=O)O)c2)O[C@H]1c1ccc(CO)cc1. The Morgan fingerprint density at radius 1 is 0.974 bits per heavy atom. The number of benzene rings is 3. The lowest BCUT2D eigenvalue weighted by atomic mass is 9.90. The van der Waals surface area contributed by atoms with Crippen LogP contribution >= 0.6 is 0 Å². The smallest absolute Gasteiger partial charge is 0.303 e. The zero-order valence-corrected chi connectivity index (χ0v) is 21.6. The minimum Gasteiger partial charge on any atom is -0.481 e. The van der Waals surface area contributed by atoms with Gasteiger partial charge in [0.1, 0.15) is 0 Å². The van der Waals surface area contributed by atoms with Gasteiger partial charge in [-0.25, -0.2) is 4.98 Å². The summed E-state index contributed by atoms with van der Waals surface area (Å²) in [7, 11) is 0. The Kier molecular flexibility index (Phi) is 8.02. The van der Waals surface area contributed by atoms with E-state index in [9.17, 15) is 14.7 Å². The summed E-state index contributed by atoms with van der Waals surface area (Å²) in [5, 5.41) is 21.1. The quantitative estimate of drug-likeness (QED) is 0.284. The van der Waals surface area contributed by atoms with Gasteiger partial charge in [0.2, 0.25) is 5.91 Å². The molecule has 0 bridgehead atoms. The first kappa shape index (κ1) is 26.6. The maximum Gasteiger partial charge on any atom is 0.303 e. The normalized spacial score (nSPS) is 21.1. The summed E-state index contributed by atoms with van der Waals surface area (Å²) in [6, 6.07) is 22.9. The zero-order chi connectivity index (χ0) is 27.4. The molecule has 0 unspecified atom stereocenters. The minimum absolute atomic E-state index is 0.0127. The number of anilines is 1. The van der Waals surface area contributed by atoms with Gasteiger partial charge in [0.05, 0.1) is 49.1 Å². The van der Waals surface area contributed by atoms with Crippen LogP contribution in [0.4, 0.5) is 5.69 Å². The monoisotopic (exact) mass is 529 g/mol. The number of carboxylic acid groups (broad SMARTS) is 1. The number of aliphatic hydroxyl groups excluding tert-OH is 1. The van der Waals surface area contributed by atoms with Crippen molar-refractivity contribution in [1.82, 2.24) is 9.55 Å². The van der Waals surface area contributed by atoms with E-state index in [1.54, 1.807) is 18.2 Å². The van der Waals surface area contributed by atoms with Crippen molar-refractivity contribution in [2.24, 2.45) is 5.92 Å². The molecule has 0 spiro atoms. The summed E-state index contributed by atoms with van der Waals surface area (Å²) in [6.45, 7) is 2.64. The summed E-state index contributed by atoms with van der Waals surface area (Å²) in [5.74, 6) is -1.41. The average Bonchev–Trinajstić information content (AvgIpc) is 3.36. The van der Waals surface area contributed by atoms with E-state index in [0.29, 0.717) is 12.2 Å². The zero-order valence-electron chi connectivity index (χ0n) is 21.6. The number of carbonyl (C=O) groups excluding carboxylic acids is 1.